The van der Waals surface area contributed by atoms with Gasteiger partial charge in [0.1, 0.15) is 11.6 Å². The second-order valence-electron chi connectivity index (χ2n) is 6.44. The van der Waals surface area contributed by atoms with Gasteiger partial charge in [-0.1, -0.05) is 38.5 Å². The highest BCUT2D eigenvalue weighted by atomic mass is 35.5. The predicted molar refractivity (Wildman–Crippen MR) is 104 cm³/mol. The van der Waals surface area contributed by atoms with Crippen molar-refractivity contribution in [1.82, 2.24) is 5.32 Å². The van der Waals surface area contributed by atoms with Gasteiger partial charge >= 0.3 is 5.97 Å². The van der Waals surface area contributed by atoms with Crippen LogP contribution in [0.15, 0.2) is 18.2 Å². The summed E-state index contributed by atoms with van der Waals surface area (Å²) in [6.45, 7) is 3.16. The van der Waals surface area contributed by atoms with Crippen LogP contribution in [0.2, 0.25) is 0 Å². The van der Waals surface area contributed by atoms with Gasteiger partial charge in [-0.2, -0.15) is 0 Å². The highest BCUT2D eigenvalue weighted by Gasteiger charge is 2.07. The molecule has 1 amide bonds. The molecular weight excluding hydrogens is 354 g/mol. The number of unbranched alkanes of at least 4 members (excludes halogenated alkanes) is 7. The monoisotopic (exact) mass is 383 g/mol. The fraction of sp³-hybridized carbons (Fsp3) is 0.600. The first kappa shape index (κ1) is 22.3. The fourth-order valence-corrected chi connectivity index (χ4v) is 2.81. The molecule has 0 aliphatic rings. The van der Waals surface area contributed by atoms with Crippen LogP contribution in [0.1, 0.15) is 67.3 Å². The maximum absolute atomic E-state index is 11.0. The molecule has 0 fully saturated rings. The molecule has 0 aliphatic heterocycles. The van der Waals surface area contributed by atoms with E-state index in [9.17, 15) is 9.59 Å². The molecule has 5 nitrogen and oxygen atoms in total. The summed E-state index contributed by atoms with van der Waals surface area (Å²) >= 11 is 5.40. The lowest BCUT2D eigenvalue weighted by Gasteiger charge is -2.08. The first-order valence-corrected chi connectivity index (χ1v) is 9.87. The van der Waals surface area contributed by atoms with Crippen LogP contribution in [0, 0.1) is 6.92 Å². The molecule has 0 heterocycles. The molecule has 0 unspecified atom stereocenters. The SMILES string of the molecule is Cc1cc(OCCCCCCCCCCNC(=O)CCl)ccc1C(=O)O. The van der Waals surface area contributed by atoms with Crippen LogP contribution in [-0.2, 0) is 4.79 Å². The second-order valence-corrected chi connectivity index (χ2v) is 6.71. The number of carboxylic acids is 1. The number of nitrogens with one attached hydrogen (secondary N) is 1. The topological polar surface area (TPSA) is 75.6 Å². The number of ether oxygens (including phenoxy) is 1. The smallest absolute Gasteiger partial charge is 0.335 e. The van der Waals surface area contributed by atoms with E-state index in [0.29, 0.717) is 12.2 Å². The highest BCUT2D eigenvalue weighted by molar-refractivity contribution is 6.27. The van der Waals surface area contributed by atoms with Crippen LogP contribution >= 0.6 is 11.6 Å². The van der Waals surface area contributed by atoms with Crippen molar-refractivity contribution in [3.8, 4) is 5.75 Å². The average Bonchev–Trinajstić information content (AvgIpc) is 2.62. The summed E-state index contributed by atoms with van der Waals surface area (Å²) in [5.74, 6) is -0.235. The average molecular weight is 384 g/mol. The number of carbonyl (C=O) groups is 2. The number of aromatic carboxylic acids is 1. The minimum Gasteiger partial charge on any atom is -0.494 e. The molecule has 0 atom stereocenters. The summed E-state index contributed by atoms with van der Waals surface area (Å²) in [4.78, 5) is 21.9. The van der Waals surface area contributed by atoms with Crippen molar-refractivity contribution in [3.63, 3.8) is 0 Å². The Labute approximate surface area is 161 Å². The Balaban J connectivity index is 1.96. The molecule has 1 aromatic carbocycles. The standard InChI is InChI=1S/C20H30ClNO4/c1-16-14-17(10-11-18(16)20(24)25)26-13-9-7-5-3-2-4-6-8-12-22-19(23)15-21/h10-11,14H,2-9,12-13,15H2,1H3,(H,22,23)(H,24,25). The summed E-state index contributed by atoms with van der Waals surface area (Å²) in [7, 11) is 0. The van der Waals surface area contributed by atoms with Gasteiger partial charge in [-0.3, -0.25) is 4.79 Å². The normalized spacial score (nSPS) is 10.5. The first-order chi connectivity index (χ1) is 12.5. The lowest BCUT2D eigenvalue weighted by Crippen LogP contribution is -2.25. The van der Waals surface area contributed by atoms with Crippen LogP contribution in [0.5, 0.6) is 5.75 Å². The van der Waals surface area contributed by atoms with Crippen molar-refractivity contribution in [3.05, 3.63) is 29.3 Å². The molecule has 0 saturated carbocycles. The Morgan fingerprint density at radius 1 is 1.04 bits per heavy atom. The van der Waals surface area contributed by atoms with E-state index in [1.54, 1.807) is 25.1 Å². The third kappa shape index (κ3) is 9.66. The van der Waals surface area contributed by atoms with Gasteiger partial charge < -0.3 is 15.2 Å². The Kier molecular flexibility index (Phi) is 11.5. The number of alkyl halides is 1. The van der Waals surface area contributed by atoms with Crippen molar-refractivity contribution in [2.24, 2.45) is 0 Å². The quantitative estimate of drug-likeness (QED) is 0.365. The molecule has 1 aromatic rings. The van der Waals surface area contributed by atoms with Crippen molar-refractivity contribution in [2.75, 3.05) is 19.0 Å². The Morgan fingerprint density at radius 3 is 2.23 bits per heavy atom. The largest absolute Gasteiger partial charge is 0.494 e. The summed E-state index contributed by atoms with van der Waals surface area (Å²) in [5, 5.41) is 11.8. The van der Waals surface area contributed by atoms with E-state index in [-0.39, 0.29) is 11.8 Å². The van der Waals surface area contributed by atoms with Crippen LogP contribution < -0.4 is 10.1 Å². The van der Waals surface area contributed by atoms with Crippen molar-refractivity contribution < 1.29 is 19.4 Å². The lowest BCUT2D eigenvalue weighted by molar-refractivity contribution is -0.118. The highest BCUT2D eigenvalue weighted by Crippen LogP contribution is 2.18. The molecule has 0 aromatic heterocycles. The van der Waals surface area contributed by atoms with E-state index in [1.165, 1.54) is 25.7 Å². The van der Waals surface area contributed by atoms with Gasteiger partial charge in [0.2, 0.25) is 5.91 Å². The van der Waals surface area contributed by atoms with Crippen LogP contribution in [0.4, 0.5) is 0 Å². The van der Waals surface area contributed by atoms with Gasteiger partial charge in [0.25, 0.3) is 0 Å². The third-order valence-corrected chi connectivity index (χ3v) is 4.45. The first-order valence-electron chi connectivity index (χ1n) is 9.34. The number of carbonyl (C=O) groups excluding carboxylic acids is 1. The minimum atomic E-state index is -0.908. The molecule has 1 rings (SSSR count). The Morgan fingerprint density at radius 2 is 1.65 bits per heavy atom. The third-order valence-electron chi connectivity index (χ3n) is 4.21. The maximum Gasteiger partial charge on any atom is 0.335 e. The van der Waals surface area contributed by atoms with E-state index in [4.69, 9.17) is 21.4 Å². The summed E-state index contributed by atoms with van der Waals surface area (Å²) in [6, 6.07) is 5.08. The number of rotatable bonds is 14. The lowest BCUT2D eigenvalue weighted by atomic mass is 10.1. The van der Waals surface area contributed by atoms with Gasteiger partial charge in [0, 0.05) is 6.54 Å². The number of amides is 1. The zero-order chi connectivity index (χ0) is 19.2. The van der Waals surface area contributed by atoms with E-state index in [2.05, 4.69) is 5.32 Å². The van der Waals surface area contributed by atoms with Crippen LogP contribution in [0.25, 0.3) is 0 Å². The van der Waals surface area contributed by atoms with Crippen molar-refractivity contribution in [2.45, 2.75) is 58.3 Å². The second kappa shape index (κ2) is 13.5. The van der Waals surface area contributed by atoms with Gasteiger partial charge in [-0.25, -0.2) is 4.79 Å². The molecule has 0 radical (unpaired) electrons. The van der Waals surface area contributed by atoms with Gasteiger partial charge in [-0.05, 0) is 43.5 Å². The summed E-state index contributed by atoms with van der Waals surface area (Å²) in [6.07, 6.45) is 9.13. The molecule has 0 aliphatic carbocycles. The number of aryl methyl sites for hydroxylation is 1. The van der Waals surface area contributed by atoms with Crippen LogP contribution in [-0.4, -0.2) is 36.0 Å². The predicted octanol–water partition coefficient (Wildman–Crippen LogP) is 4.55. The van der Waals surface area contributed by atoms with Gasteiger partial charge in [-0.15, -0.1) is 11.6 Å². The number of hydrogen-bond donors (Lipinski definition) is 2. The molecule has 2 N–H and O–H groups in total. The number of carboxylic acid groups (broad SMARTS) is 1. The van der Waals surface area contributed by atoms with E-state index in [0.717, 1.165) is 43.5 Å². The van der Waals surface area contributed by atoms with E-state index in [1.807, 2.05) is 0 Å². The Bertz CT molecular complexity index is 563. The molecule has 26 heavy (non-hydrogen) atoms. The molecule has 6 heteroatoms. The molecule has 0 bridgehead atoms. The zero-order valence-corrected chi connectivity index (χ0v) is 16.3. The summed E-state index contributed by atoms with van der Waals surface area (Å²) < 4.78 is 5.69. The van der Waals surface area contributed by atoms with E-state index < -0.39 is 5.97 Å². The maximum atomic E-state index is 11.0. The zero-order valence-electron chi connectivity index (χ0n) is 15.6. The number of halogens is 1. The molecule has 0 spiro atoms. The summed E-state index contributed by atoms with van der Waals surface area (Å²) in [5.41, 5.74) is 1.04. The van der Waals surface area contributed by atoms with Gasteiger partial charge in [0.05, 0.1) is 12.2 Å². The fourth-order valence-electron chi connectivity index (χ4n) is 2.72. The van der Waals surface area contributed by atoms with Crippen LogP contribution in [0.3, 0.4) is 0 Å². The van der Waals surface area contributed by atoms with Crippen molar-refractivity contribution in [1.29, 1.82) is 0 Å². The molecule has 0 saturated heterocycles. The molecule has 146 valence electrons. The molecular formula is C20H30ClNO4. The van der Waals surface area contributed by atoms with Gasteiger partial charge in [0.15, 0.2) is 0 Å². The number of benzene rings is 1. The van der Waals surface area contributed by atoms with Crippen molar-refractivity contribution >= 4 is 23.5 Å². The Hall–Kier alpha value is -1.75. The number of hydrogen-bond acceptors (Lipinski definition) is 3. The van der Waals surface area contributed by atoms with E-state index >= 15 is 0 Å². The minimum absolute atomic E-state index is 0.0387.